The van der Waals surface area contributed by atoms with E-state index in [0.29, 0.717) is 18.4 Å². The molecule has 0 saturated carbocycles. The van der Waals surface area contributed by atoms with E-state index in [1.54, 1.807) is 7.11 Å². The topological polar surface area (TPSA) is 96.0 Å². The van der Waals surface area contributed by atoms with Gasteiger partial charge in [-0.15, -0.1) is 0 Å². The third-order valence-corrected chi connectivity index (χ3v) is 8.59. The fraction of sp³-hybridized carbons (Fsp3) is 0.500. The lowest BCUT2D eigenvalue weighted by molar-refractivity contribution is -0.00125. The molecule has 2 aromatic carbocycles. The molecule has 0 amide bonds. The Hall–Kier alpha value is -3.28. The number of rotatable bonds is 3. The number of nitrogens with zero attached hydrogens (tertiary/aromatic N) is 4. The normalized spacial score (nSPS) is 23.5. The zero-order valence-corrected chi connectivity index (χ0v) is 24.8. The summed E-state index contributed by atoms with van der Waals surface area (Å²) in [6, 6.07) is 14.8. The van der Waals surface area contributed by atoms with Gasteiger partial charge in [0.25, 0.3) is 0 Å². The average molecular weight is 574 g/mol. The largest absolute Gasteiger partial charge is 0.496 e. The molecule has 4 aliphatic heterocycles. The number of hydrogen-bond acceptors (Lipinski definition) is 10. The lowest BCUT2D eigenvalue weighted by Crippen LogP contribution is -2.46. The molecule has 3 aromatic rings. The molecule has 7 rings (SSSR count). The number of anilines is 3. The van der Waals surface area contributed by atoms with Crippen molar-refractivity contribution >= 4 is 17.3 Å². The lowest BCUT2D eigenvalue weighted by atomic mass is 9.94. The van der Waals surface area contributed by atoms with E-state index in [1.807, 2.05) is 31.5 Å². The zero-order chi connectivity index (χ0) is 28.7. The van der Waals surface area contributed by atoms with Gasteiger partial charge in [0.05, 0.1) is 26.0 Å². The van der Waals surface area contributed by atoms with Crippen LogP contribution in [0.15, 0.2) is 48.7 Å². The molecule has 2 fully saturated rings. The predicted molar refractivity (Wildman–Crippen MR) is 165 cm³/mol. The van der Waals surface area contributed by atoms with Crippen LogP contribution in [-0.4, -0.2) is 87.8 Å². The van der Waals surface area contributed by atoms with Crippen LogP contribution in [0.1, 0.15) is 24.0 Å². The van der Waals surface area contributed by atoms with Gasteiger partial charge in [-0.3, -0.25) is 10.2 Å². The fourth-order valence-corrected chi connectivity index (χ4v) is 6.31. The van der Waals surface area contributed by atoms with Crippen molar-refractivity contribution in [2.45, 2.75) is 32.2 Å². The van der Waals surface area contributed by atoms with Crippen molar-refractivity contribution in [3.63, 3.8) is 0 Å². The van der Waals surface area contributed by atoms with Crippen molar-refractivity contribution in [3.05, 3.63) is 59.8 Å². The van der Waals surface area contributed by atoms with E-state index in [0.717, 1.165) is 100 Å². The van der Waals surface area contributed by atoms with Crippen molar-refractivity contribution < 1.29 is 14.2 Å². The molecule has 2 saturated heterocycles. The Morgan fingerprint density at radius 2 is 1.79 bits per heavy atom. The summed E-state index contributed by atoms with van der Waals surface area (Å²) in [6.07, 6.45) is 4.08. The SMILES string of the molecule is COc1ccc2cc1CNCCNC(OC)C1CCN(CC1)Cc1cc(ccc1N1CCOCC1)Nc1nccc-2n1. The molecule has 10 nitrogen and oxygen atoms in total. The first-order valence-electron chi connectivity index (χ1n) is 15.1. The van der Waals surface area contributed by atoms with Crippen molar-refractivity contribution in [1.82, 2.24) is 25.5 Å². The van der Waals surface area contributed by atoms with E-state index in [9.17, 15) is 0 Å². The van der Waals surface area contributed by atoms with E-state index in [1.165, 1.54) is 11.3 Å². The molecular weight excluding hydrogens is 530 g/mol. The van der Waals surface area contributed by atoms with Crippen LogP contribution >= 0.6 is 0 Å². The van der Waals surface area contributed by atoms with Crippen molar-refractivity contribution in [1.29, 1.82) is 0 Å². The number of fused-ring (bicyclic) bond motifs is 7. The summed E-state index contributed by atoms with van der Waals surface area (Å²) in [5.74, 6) is 1.93. The lowest BCUT2D eigenvalue weighted by Gasteiger charge is -2.37. The van der Waals surface area contributed by atoms with E-state index < -0.39 is 0 Å². The van der Waals surface area contributed by atoms with E-state index >= 15 is 0 Å². The molecule has 224 valence electrons. The summed E-state index contributed by atoms with van der Waals surface area (Å²) in [4.78, 5) is 14.5. The van der Waals surface area contributed by atoms with Crippen LogP contribution in [0.5, 0.6) is 5.75 Å². The van der Waals surface area contributed by atoms with Gasteiger partial charge in [0.1, 0.15) is 12.0 Å². The Morgan fingerprint density at radius 1 is 0.929 bits per heavy atom. The van der Waals surface area contributed by atoms with Gasteiger partial charge in [0, 0.05) is 81.0 Å². The maximum Gasteiger partial charge on any atom is 0.227 e. The molecule has 4 aliphatic rings. The number of methoxy groups -OCH3 is 2. The molecule has 0 aliphatic carbocycles. The fourth-order valence-electron chi connectivity index (χ4n) is 6.31. The van der Waals surface area contributed by atoms with Gasteiger partial charge in [-0.1, -0.05) is 0 Å². The number of ether oxygens (including phenoxy) is 3. The first kappa shape index (κ1) is 28.8. The van der Waals surface area contributed by atoms with Crippen LogP contribution in [0.25, 0.3) is 11.3 Å². The van der Waals surface area contributed by atoms with Gasteiger partial charge in [-0.05, 0) is 74.0 Å². The number of piperidine rings is 1. The second kappa shape index (κ2) is 13.8. The van der Waals surface area contributed by atoms with Crippen LogP contribution in [0.3, 0.4) is 0 Å². The van der Waals surface area contributed by atoms with Crippen molar-refractivity contribution in [2.75, 3.05) is 76.9 Å². The highest BCUT2D eigenvalue weighted by Crippen LogP contribution is 2.31. The third-order valence-electron chi connectivity index (χ3n) is 8.59. The molecule has 0 radical (unpaired) electrons. The van der Waals surface area contributed by atoms with E-state index in [2.05, 4.69) is 55.0 Å². The number of benzene rings is 2. The van der Waals surface area contributed by atoms with Gasteiger partial charge in [0.15, 0.2) is 0 Å². The van der Waals surface area contributed by atoms with Crippen LogP contribution < -0.4 is 25.6 Å². The Labute approximate surface area is 248 Å². The minimum absolute atomic E-state index is 0.0576. The Balaban J connectivity index is 1.32. The Morgan fingerprint density at radius 3 is 2.60 bits per heavy atom. The Kier molecular flexibility index (Phi) is 9.47. The second-order valence-corrected chi connectivity index (χ2v) is 11.3. The number of hydrogen-bond donors (Lipinski definition) is 3. The van der Waals surface area contributed by atoms with Gasteiger partial charge >= 0.3 is 0 Å². The molecular formula is C32H43N7O3. The summed E-state index contributed by atoms with van der Waals surface area (Å²) < 4.78 is 17.2. The Bertz CT molecular complexity index is 1330. The van der Waals surface area contributed by atoms with Crippen LogP contribution in [0.4, 0.5) is 17.3 Å². The predicted octanol–water partition coefficient (Wildman–Crippen LogP) is 3.61. The molecule has 1 aromatic heterocycles. The van der Waals surface area contributed by atoms with Gasteiger partial charge in [-0.25, -0.2) is 9.97 Å². The summed E-state index contributed by atoms with van der Waals surface area (Å²) in [6.45, 7) is 8.70. The molecule has 5 heterocycles. The molecule has 1 atom stereocenters. The van der Waals surface area contributed by atoms with Gasteiger partial charge in [-0.2, -0.15) is 0 Å². The number of nitrogens with one attached hydrogen (secondary N) is 3. The maximum absolute atomic E-state index is 5.92. The highest BCUT2D eigenvalue weighted by atomic mass is 16.5. The quantitative estimate of drug-likeness (QED) is 0.431. The number of morpholine rings is 1. The van der Waals surface area contributed by atoms with Crippen LogP contribution in [0, 0.1) is 5.92 Å². The zero-order valence-electron chi connectivity index (χ0n) is 24.8. The molecule has 0 spiro atoms. The summed E-state index contributed by atoms with van der Waals surface area (Å²) in [5.41, 5.74) is 6.56. The van der Waals surface area contributed by atoms with Crippen molar-refractivity contribution in [2.24, 2.45) is 5.92 Å². The average Bonchev–Trinajstić information content (AvgIpc) is 3.03. The monoisotopic (exact) mass is 573 g/mol. The number of aromatic nitrogens is 2. The van der Waals surface area contributed by atoms with Gasteiger partial charge < -0.3 is 29.7 Å². The molecule has 10 heteroatoms. The van der Waals surface area contributed by atoms with Crippen LogP contribution in [-0.2, 0) is 22.6 Å². The van der Waals surface area contributed by atoms with E-state index in [4.69, 9.17) is 19.2 Å². The smallest absolute Gasteiger partial charge is 0.227 e. The maximum atomic E-state index is 5.92. The molecule has 1 unspecified atom stereocenters. The second-order valence-electron chi connectivity index (χ2n) is 11.3. The summed E-state index contributed by atoms with van der Waals surface area (Å²) in [5, 5.41) is 10.7. The first-order valence-corrected chi connectivity index (χ1v) is 15.1. The van der Waals surface area contributed by atoms with E-state index in [-0.39, 0.29) is 6.23 Å². The van der Waals surface area contributed by atoms with Crippen LogP contribution in [0.2, 0.25) is 0 Å². The molecule has 8 bridgehead atoms. The minimum Gasteiger partial charge on any atom is -0.496 e. The van der Waals surface area contributed by atoms with Gasteiger partial charge in [0.2, 0.25) is 5.95 Å². The highest BCUT2D eigenvalue weighted by molar-refractivity contribution is 5.67. The molecule has 42 heavy (non-hydrogen) atoms. The molecule has 3 N–H and O–H groups in total. The first-order chi connectivity index (χ1) is 20.7. The minimum atomic E-state index is 0.0576. The summed E-state index contributed by atoms with van der Waals surface area (Å²) >= 11 is 0. The van der Waals surface area contributed by atoms with Crippen molar-refractivity contribution in [3.8, 4) is 17.0 Å². The third kappa shape index (κ3) is 6.85. The standard InChI is InChI=1S/C32H43N7O3/c1-40-30-6-3-24-19-25(30)21-33-11-12-34-31(41-2)23-8-13-38(14-9-23)22-26-20-27(36-32-35-10-7-28(24)37-32)4-5-29(26)39-15-17-42-18-16-39/h3-7,10,19-20,23,31,33-34H,8-9,11-18,21-22H2,1-2H3,(H,35,36,37). The highest BCUT2D eigenvalue weighted by Gasteiger charge is 2.27. The summed E-state index contributed by atoms with van der Waals surface area (Å²) in [7, 11) is 3.53.